The molecule has 1 aliphatic rings. The lowest BCUT2D eigenvalue weighted by Crippen LogP contribution is -2.55. The molecule has 0 bridgehead atoms. The van der Waals surface area contributed by atoms with E-state index < -0.39 is 5.60 Å². The van der Waals surface area contributed by atoms with Gasteiger partial charge in [0, 0.05) is 30.2 Å². The van der Waals surface area contributed by atoms with Crippen LogP contribution in [0.2, 0.25) is 0 Å². The van der Waals surface area contributed by atoms with Crippen LogP contribution >= 0.6 is 15.9 Å². The van der Waals surface area contributed by atoms with Gasteiger partial charge in [-0.15, -0.1) is 0 Å². The normalized spacial score (nSPS) is 22.0. The SMILES string of the molecule is CC(C)(C)OC(=O)N1C[C@@H](CCO)N[C@H](c2ccc(Br)cc2)C1. The first-order valence-corrected chi connectivity index (χ1v) is 8.68. The molecule has 0 unspecified atom stereocenters. The minimum absolute atomic E-state index is 0.0286. The van der Waals surface area contributed by atoms with E-state index in [-0.39, 0.29) is 24.8 Å². The Bertz CT molecular complexity index is 528. The van der Waals surface area contributed by atoms with Gasteiger partial charge in [0.1, 0.15) is 5.60 Å². The van der Waals surface area contributed by atoms with Gasteiger partial charge in [-0.05, 0) is 44.9 Å². The summed E-state index contributed by atoms with van der Waals surface area (Å²) in [6.07, 6.45) is 0.302. The van der Waals surface area contributed by atoms with E-state index in [4.69, 9.17) is 4.74 Å². The number of halogens is 1. The van der Waals surface area contributed by atoms with Crippen LogP contribution in [-0.4, -0.2) is 47.4 Å². The summed E-state index contributed by atoms with van der Waals surface area (Å²) in [6.45, 7) is 6.79. The summed E-state index contributed by atoms with van der Waals surface area (Å²) in [6, 6.07) is 8.14. The molecule has 6 heteroatoms. The van der Waals surface area contributed by atoms with Crippen molar-refractivity contribution in [1.29, 1.82) is 0 Å². The molecule has 1 fully saturated rings. The second kappa shape index (κ2) is 7.64. The second-order valence-electron chi connectivity index (χ2n) is 6.87. The van der Waals surface area contributed by atoms with E-state index in [0.29, 0.717) is 19.5 Å². The van der Waals surface area contributed by atoms with Crippen LogP contribution in [0.1, 0.15) is 38.8 Å². The molecule has 0 saturated carbocycles. The van der Waals surface area contributed by atoms with Crippen molar-refractivity contribution in [3.63, 3.8) is 0 Å². The summed E-state index contributed by atoms with van der Waals surface area (Å²) in [4.78, 5) is 14.1. The molecule has 1 aromatic rings. The number of amides is 1. The number of carbonyl (C=O) groups excluding carboxylic acids is 1. The third-order valence-electron chi connectivity index (χ3n) is 3.68. The van der Waals surface area contributed by atoms with Gasteiger partial charge in [0.05, 0.1) is 6.04 Å². The number of hydrogen-bond acceptors (Lipinski definition) is 4. The summed E-state index contributed by atoms with van der Waals surface area (Å²) >= 11 is 3.44. The Balaban J connectivity index is 2.13. The number of aliphatic hydroxyl groups excluding tert-OH is 1. The minimum Gasteiger partial charge on any atom is -0.444 e. The van der Waals surface area contributed by atoms with Crippen LogP contribution in [0.25, 0.3) is 0 Å². The molecule has 1 amide bonds. The highest BCUT2D eigenvalue weighted by Crippen LogP contribution is 2.23. The van der Waals surface area contributed by atoms with E-state index in [1.165, 1.54) is 0 Å². The zero-order chi connectivity index (χ0) is 17.0. The van der Waals surface area contributed by atoms with Gasteiger partial charge in [-0.25, -0.2) is 4.79 Å². The number of hydrogen-bond donors (Lipinski definition) is 2. The van der Waals surface area contributed by atoms with Gasteiger partial charge in [-0.2, -0.15) is 0 Å². The number of piperazine rings is 1. The molecule has 0 aliphatic carbocycles. The summed E-state index contributed by atoms with van der Waals surface area (Å²) in [5.74, 6) is 0. The molecule has 0 radical (unpaired) electrons. The van der Waals surface area contributed by atoms with Crippen molar-refractivity contribution >= 4 is 22.0 Å². The highest BCUT2D eigenvalue weighted by molar-refractivity contribution is 9.10. The molecular formula is C17H25BrN2O3. The summed E-state index contributed by atoms with van der Waals surface area (Å²) < 4.78 is 6.52. The van der Waals surface area contributed by atoms with Crippen molar-refractivity contribution in [2.45, 2.75) is 44.9 Å². The van der Waals surface area contributed by atoms with Crippen LogP contribution in [0.5, 0.6) is 0 Å². The van der Waals surface area contributed by atoms with Crippen molar-refractivity contribution in [3.8, 4) is 0 Å². The van der Waals surface area contributed by atoms with Crippen LogP contribution in [0.15, 0.2) is 28.7 Å². The molecule has 2 rings (SSSR count). The van der Waals surface area contributed by atoms with Gasteiger partial charge in [-0.3, -0.25) is 0 Å². The van der Waals surface area contributed by atoms with Crippen molar-refractivity contribution in [2.24, 2.45) is 0 Å². The topological polar surface area (TPSA) is 61.8 Å². The molecule has 1 heterocycles. The molecule has 1 aliphatic heterocycles. The molecule has 1 saturated heterocycles. The fraction of sp³-hybridized carbons (Fsp3) is 0.588. The molecule has 128 valence electrons. The number of benzene rings is 1. The second-order valence-corrected chi connectivity index (χ2v) is 7.78. The summed E-state index contributed by atoms with van der Waals surface area (Å²) in [5.41, 5.74) is 0.603. The first-order valence-electron chi connectivity index (χ1n) is 7.89. The lowest BCUT2D eigenvalue weighted by molar-refractivity contribution is 0.0140. The van der Waals surface area contributed by atoms with Crippen molar-refractivity contribution in [3.05, 3.63) is 34.3 Å². The lowest BCUT2D eigenvalue weighted by Gasteiger charge is -2.39. The molecule has 23 heavy (non-hydrogen) atoms. The monoisotopic (exact) mass is 384 g/mol. The highest BCUT2D eigenvalue weighted by atomic mass is 79.9. The first kappa shape index (κ1) is 18.2. The smallest absolute Gasteiger partial charge is 0.410 e. The maximum atomic E-state index is 12.4. The maximum Gasteiger partial charge on any atom is 0.410 e. The Labute approximate surface area is 146 Å². The molecule has 5 nitrogen and oxygen atoms in total. The standard InChI is InChI=1S/C17H25BrN2O3/c1-17(2,3)23-16(22)20-10-14(8-9-21)19-15(11-20)12-4-6-13(18)7-5-12/h4-7,14-15,19,21H,8-11H2,1-3H3/t14-,15+/m1/s1. The van der Waals surface area contributed by atoms with Crippen molar-refractivity contribution in [1.82, 2.24) is 10.2 Å². The first-order chi connectivity index (χ1) is 10.8. The average molecular weight is 385 g/mol. The van der Waals surface area contributed by atoms with Crippen LogP contribution in [0, 0.1) is 0 Å². The maximum absolute atomic E-state index is 12.4. The number of ether oxygens (including phenoxy) is 1. The van der Waals surface area contributed by atoms with Gasteiger partial charge in [0.2, 0.25) is 0 Å². The molecule has 2 atom stereocenters. The van der Waals surface area contributed by atoms with E-state index in [1.54, 1.807) is 4.90 Å². The molecule has 0 spiro atoms. The van der Waals surface area contributed by atoms with Crippen LogP contribution < -0.4 is 5.32 Å². The number of rotatable bonds is 3. The molecular weight excluding hydrogens is 360 g/mol. The molecule has 1 aromatic carbocycles. The van der Waals surface area contributed by atoms with E-state index in [9.17, 15) is 9.90 Å². The van der Waals surface area contributed by atoms with Crippen LogP contribution in [0.3, 0.4) is 0 Å². The zero-order valence-corrected chi connectivity index (χ0v) is 15.5. The Morgan fingerprint density at radius 3 is 2.57 bits per heavy atom. The fourth-order valence-electron chi connectivity index (χ4n) is 2.65. The average Bonchev–Trinajstić information content (AvgIpc) is 2.46. The zero-order valence-electron chi connectivity index (χ0n) is 13.9. The largest absolute Gasteiger partial charge is 0.444 e. The number of nitrogens with zero attached hydrogens (tertiary/aromatic N) is 1. The third-order valence-corrected chi connectivity index (χ3v) is 4.21. The Morgan fingerprint density at radius 2 is 2.00 bits per heavy atom. The Hall–Kier alpha value is -1.11. The van der Waals surface area contributed by atoms with Gasteiger partial charge < -0.3 is 20.1 Å². The lowest BCUT2D eigenvalue weighted by atomic mass is 10.0. The van der Waals surface area contributed by atoms with E-state index in [1.807, 2.05) is 45.0 Å². The van der Waals surface area contributed by atoms with E-state index in [2.05, 4.69) is 21.2 Å². The molecule has 2 N–H and O–H groups in total. The van der Waals surface area contributed by atoms with Crippen LogP contribution in [0.4, 0.5) is 4.79 Å². The number of carbonyl (C=O) groups is 1. The van der Waals surface area contributed by atoms with Crippen molar-refractivity contribution < 1.29 is 14.6 Å². The van der Waals surface area contributed by atoms with Gasteiger partial charge in [0.25, 0.3) is 0 Å². The number of aliphatic hydroxyl groups is 1. The number of nitrogens with one attached hydrogen (secondary N) is 1. The third kappa shape index (κ3) is 5.48. The summed E-state index contributed by atoms with van der Waals surface area (Å²) in [7, 11) is 0. The van der Waals surface area contributed by atoms with Gasteiger partial charge >= 0.3 is 6.09 Å². The molecule has 0 aromatic heterocycles. The summed E-state index contributed by atoms with van der Waals surface area (Å²) in [5, 5.41) is 12.8. The van der Waals surface area contributed by atoms with E-state index in [0.717, 1.165) is 10.0 Å². The fourth-order valence-corrected chi connectivity index (χ4v) is 2.92. The predicted molar refractivity (Wildman–Crippen MR) is 93.3 cm³/mol. The Morgan fingerprint density at radius 1 is 1.35 bits per heavy atom. The van der Waals surface area contributed by atoms with Crippen molar-refractivity contribution in [2.75, 3.05) is 19.7 Å². The van der Waals surface area contributed by atoms with E-state index >= 15 is 0 Å². The quantitative estimate of drug-likeness (QED) is 0.840. The highest BCUT2D eigenvalue weighted by Gasteiger charge is 2.32. The minimum atomic E-state index is -0.512. The Kier molecular flexibility index (Phi) is 6.06. The van der Waals surface area contributed by atoms with Gasteiger partial charge in [-0.1, -0.05) is 28.1 Å². The van der Waals surface area contributed by atoms with Crippen LogP contribution in [-0.2, 0) is 4.74 Å². The van der Waals surface area contributed by atoms with Gasteiger partial charge in [0.15, 0.2) is 0 Å². The predicted octanol–water partition coefficient (Wildman–Crippen LogP) is 3.08.